The van der Waals surface area contributed by atoms with Gasteiger partial charge in [-0.25, -0.2) is 0 Å². The summed E-state index contributed by atoms with van der Waals surface area (Å²) in [5.74, 6) is 0.215. The van der Waals surface area contributed by atoms with E-state index in [1.807, 2.05) is 31.2 Å². The molecule has 2 amide bonds. The van der Waals surface area contributed by atoms with E-state index in [1.54, 1.807) is 17.0 Å². The van der Waals surface area contributed by atoms with E-state index in [0.29, 0.717) is 28.8 Å². The number of methoxy groups -OCH3 is 2. The first kappa shape index (κ1) is 20.0. The second-order valence-electron chi connectivity index (χ2n) is 6.71. The predicted octanol–water partition coefficient (Wildman–Crippen LogP) is 3.33. The normalized spacial score (nSPS) is 16.2. The molecule has 0 aliphatic carbocycles. The fraction of sp³-hybridized carbons (Fsp3) is 0.333. The van der Waals surface area contributed by atoms with Crippen LogP contribution in [-0.2, 0) is 16.1 Å². The number of amides is 2. The monoisotopic (exact) mass is 402 g/mol. The van der Waals surface area contributed by atoms with Crippen molar-refractivity contribution in [2.75, 3.05) is 25.7 Å². The number of nitrogens with zero attached hydrogens (tertiary/aromatic N) is 1. The zero-order valence-electron chi connectivity index (χ0n) is 16.1. The molecule has 6 nitrogen and oxygen atoms in total. The maximum absolute atomic E-state index is 12.6. The summed E-state index contributed by atoms with van der Waals surface area (Å²) in [6.45, 7) is 2.72. The molecule has 1 saturated heterocycles. The van der Waals surface area contributed by atoms with Crippen LogP contribution < -0.4 is 19.7 Å². The Labute approximate surface area is 169 Å². The molecule has 1 unspecified atom stereocenters. The zero-order valence-corrected chi connectivity index (χ0v) is 16.9. The number of hydrogen-bond donors (Lipinski definition) is 1. The summed E-state index contributed by atoms with van der Waals surface area (Å²) >= 11 is 6.22. The molecule has 0 aromatic heterocycles. The molecule has 2 aromatic carbocycles. The number of benzene rings is 2. The first-order chi connectivity index (χ1) is 13.4. The first-order valence-electron chi connectivity index (χ1n) is 8.98. The van der Waals surface area contributed by atoms with Gasteiger partial charge in [-0.15, -0.1) is 0 Å². The molecule has 2 aromatic rings. The minimum Gasteiger partial charge on any atom is -0.495 e. The molecule has 0 radical (unpaired) electrons. The Bertz CT molecular complexity index is 900. The maximum Gasteiger partial charge on any atom is 0.227 e. The van der Waals surface area contributed by atoms with Gasteiger partial charge < -0.3 is 19.7 Å². The van der Waals surface area contributed by atoms with Crippen LogP contribution in [0.25, 0.3) is 0 Å². The lowest BCUT2D eigenvalue weighted by molar-refractivity contribution is -0.126. The third kappa shape index (κ3) is 4.07. The average molecular weight is 403 g/mol. The Morgan fingerprint density at radius 2 is 1.93 bits per heavy atom. The molecule has 0 saturated carbocycles. The highest BCUT2D eigenvalue weighted by atomic mass is 35.5. The van der Waals surface area contributed by atoms with E-state index < -0.39 is 5.92 Å². The highest BCUT2D eigenvalue weighted by Crippen LogP contribution is 2.40. The van der Waals surface area contributed by atoms with Crippen LogP contribution in [0.5, 0.6) is 11.5 Å². The molecule has 1 aliphatic heterocycles. The van der Waals surface area contributed by atoms with Gasteiger partial charge >= 0.3 is 0 Å². The van der Waals surface area contributed by atoms with Crippen LogP contribution in [-0.4, -0.2) is 32.6 Å². The number of nitrogens with one attached hydrogen (secondary N) is 1. The molecule has 1 N–H and O–H groups in total. The van der Waals surface area contributed by atoms with Gasteiger partial charge in [0.1, 0.15) is 11.5 Å². The molecular weight excluding hydrogens is 380 g/mol. The smallest absolute Gasteiger partial charge is 0.227 e. The summed E-state index contributed by atoms with van der Waals surface area (Å²) in [5, 5.41) is 3.31. The van der Waals surface area contributed by atoms with E-state index >= 15 is 0 Å². The second-order valence-corrected chi connectivity index (χ2v) is 7.12. The van der Waals surface area contributed by atoms with Gasteiger partial charge in [-0.05, 0) is 24.1 Å². The maximum atomic E-state index is 12.6. The van der Waals surface area contributed by atoms with Gasteiger partial charge in [-0.2, -0.15) is 0 Å². The molecule has 28 heavy (non-hydrogen) atoms. The molecule has 1 fully saturated rings. The molecule has 1 aliphatic rings. The van der Waals surface area contributed by atoms with Gasteiger partial charge in [0.15, 0.2) is 0 Å². The van der Waals surface area contributed by atoms with Crippen LogP contribution in [0, 0.1) is 12.8 Å². The lowest BCUT2D eigenvalue weighted by Gasteiger charge is -2.21. The minimum atomic E-state index is -0.429. The molecule has 0 bridgehead atoms. The molecule has 148 valence electrons. The highest BCUT2D eigenvalue weighted by Gasteiger charge is 2.36. The van der Waals surface area contributed by atoms with Crippen molar-refractivity contribution in [3.63, 3.8) is 0 Å². The predicted molar refractivity (Wildman–Crippen MR) is 108 cm³/mol. The quantitative estimate of drug-likeness (QED) is 0.804. The van der Waals surface area contributed by atoms with Crippen molar-refractivity contribution < 1.29 is 19.1 Å². The number of ether oxygens (including phenoxy) is 2. The second kappa shape index (κ2) is 8.52. The zero-order chi connectivity index (χ0) is 20.3. The minimum absolute atomic E-state index is 0.141. The SMILES string of the molecule is COc1cc(OC)c(N2CC(C(=O)NCc3ccccc3C)CC2=O)cc1Cl. The number of carbonyl (C=O) groups excluding carboxylic acids is 2. The fourth-order valence-corrected chi connectivity index (χ4v) is 3.54. The summed E-state index contributed by atoms with van der Waals surface area (Å²) in [5.41, 5.74) is 2.71. The van der Waals surface area contributed by atoms with Crippen molar-refractivity contribution in [2.45, 2.75) is 19.9 Å². The van der Waals surface area contributed by atoms with Crippen molar-refractivity contribution in [2.24, 2.45) is 5.92 Å². The van der Waals surface area contributed by atoms with Gasteiger partial charge in [-0.3, -0.25) is 9.59 Å². The lowest BCUT2D eigenvalue weighted by atomic mass is 10.1. The first-order valence-corrected chi connectivity index (χ1v) is 9.36. The summed E-state index contributed by atoms with van der Waals surface area (Å²) in [4.78, 5) is 26.7. The van der Waals surface area contributed by atoms with Crippen LogP contribution in [0.1, 0.15) is 17.5 Å². The fourth-order valence-electron chi connectivity index (χ4n) is 3.31. The summed E-state index contributed by atoms with van der Waals surface area (Å²) < 4.78 is 10.6. The van der Waals surface area contributed by atoms with E-state index in [9.17, 15) is 9.59 Å². The van der Waals surface area contributed by atoms with E-state index in [0.717, 1.165) is 11.1 Å². The number of rotatable bonds is 6. The Kier molecular flexibility index (Phi) is 6.09. The number of anilines is 1. The lowest BCUT2D eigenvalue weighted by Crippen LogP contribution is -2.32. The Morgan fingerprint density at radius 3 is 2.61 bits per heavy atom. The largest absolute Gasteiger partial charge is 0.495 e. The van der Waals surface area contributed by atoms with Gasteiger partial charge in [0.25, 0.3) is 0 Å². The van der Waals surface area contributed by atoms with Crippen molar-refractivity contribution in [3.05, 3.63) is 52.5 Å². The van der Waals surface area contributed by atoms with Crippen LogP contribution in [0.2, 0.25) is 5.02 Å². The van der Waals surface area contributed by atoms with Gasteiger partial charge in [0, 0.05) is 25.6 Å². The summed E-state index contributed by atoms with van der Waals surface area (Å²) in [6.07, 6.45) is 0.145. The molecule has 1 atom stereocenters. The Morgan fingerprint density at radius 1 is 1.21 bits per heavy atom. The van der Waals surface area contributed by atoms with Crippen molar-refractivity contribution in [1.82, 2.24) is 5.32 Å². The summed E-state index contributed by atoms with van der Waals surface area (Å²) in [6, 6.07) is 11.1. The van der Waals surface area contributed by atoms with Gasteiger partial charge in [-0.1, -0.05) is 35.9 Å². The van der Waals surface area contributed by atoms with E-state index in [4.69, 9.17) is 21.1 Å². The topological polar surface area (TPSA) is 67.9 Å². The number of halogens is 1. The average Bonchev–Trinajstić information content (AvgIpc) is 3.08. The van der Waals surface area contributed by atoms with Gasteiger partial charge in [0.05, 0.1) is 30.8 Å². The van der Waals surface area contributed by atoms with Crippen molar-refractivity contribution in [3.8, 4) is 11.5 Å². The molecule has 7 heteroatoms. The van der Waals surface area contributed by atoms with Gasteiger partial charge in [0.2, 0.25) is 11.8 Å². The third-order valence-corrected chi connectivity index (χ3v) is 5.25. The van der Waals surface area contributed by atoms with Crippen LogP contribution >= 0.6 is 11.6 Å². The standard InChI is InChI=1S/C21H23ClN2O4/c1-13-6-4-5-7-14(13)11-23-21(26)15-8-20(25)24(12-15)17-9-16(22)18(27-2)10-19(17)28-3/h4-7,9-10,15H,8,11-12H2,1-3H3,(H,23,26). The van der Waals surface area contributed by atoms with Crippen LogP contribution in [0.15, 0.2) is 36.4 Å². The molecule has 3 rings (SSSR count). The van der Waals surface area contributed by atoms with E-state index in [2.05, 4.69) is 5.32 Å². The van der Waals surface area contributed by atoms with Crippen LogP contribution in [0.4, 0.5) is 5.69 Å². The van der Waals surface area contributed by atoms with E-state index in [-0.39, 0.29) is 24.8 Å². The van der Waals surface area contributed by atoms with Crippen molar-refractivity contribution in [1.29, 1.82) is 0 Å². The third-order valence-electron chi connectivity index (χ3n) is 4.95. The van der Waals surface area contributed by atoms with E-state index in [1.165, 1.54) is 14.2 Å². The molecule has 0 spiro atoms. The number of carbonyl (C=O) groups is 2. The number of hydrogen-bond acceptors (Lipinski definition) is 4. The Balaban J connectivity index is 1.72. The Hall–Kier alpha value is -2.73. The molecule has 1 heterocycles. The van der Waals surface area contributed by atoms with Crippen molar-refractivity contribution >= 4 is 29.1 Å². The highest BCUT2D eigenvalue weighted by molar-refractivity contribution is 6.32. The number of aryl methyl sites for hydroxylation is 1. The molecular formula is C21H23ClN2O4. The summed E-state index contributed by atoms with van der Waals surface area (Å²) in [7, 11) is 3.02. The van der Waals surface area contributed by atoms with Crippen LogP contribution in [0.3, 0.4) is 0 Å².